The van der Waals surface area contributed by atoms with Crippen molar-refractivity contribution < 1.29 is 0 Å². The van der Waals surface area contributed by atoms with Gasteiger partial charge in [-0.3, -0.25) is 0 Å². The van der Waals surface area contributed by atoms with Gasteiger partial charge >= 0.3 is 0 Å². The molecule has 0 aliphatic heterocycles. The minimum Gasteiger partial charge on any atom is -0.329 e. The van der Waals surface area contributed by atoms with Gasteiger partial charge in [-0.1, -0.05) is 30.3 Å². The zero-order valence-corrected chi connectivity index (χ0v) is 10.8. The third-order valence-electron chi connectivity index (χ3n) is 4.07. The standard InChI is InChI=1S/C15H24N2/c1-17(12-11-16)15-9-7-14(8-10-15)13-5-3-2-4-6-13/h2-6,14-15H,7-12,16H2,1H3. The molecule has 1 saturated carbocycles. The molecule has 1 aliphatic carbocycles. The smallest absolute Gasteiger partial charge is 0.0104 e. The van der Waals surface area contributed by atoms with E-state index < -0.39 is 0 Å². The summed E-state index contributed by atoms with van der Waals surface area (Å²) in [6.45, 7) is 1.80. The number of benzene rings is 1. The average Bonchev–Trinajstić information content (AvgIpc) is 2.40. The third kappa shape index (κ3) is 3.30. The molecule has 1 aliphatic rings. The molecular weight excluding hydrogens is 208 g/mol. The summed E-state index contributed by atoms with van der Waals surface area (Å²) in [6, 6.07) is 11.7. The maximum atomic E-state index is 5.61. The Kier molecular flexibility index (Phi) is 4.57. The maximum Gasteiger partial charge on any atom is 0.0104 e. The quantitative estimate of drug-likeness (QED) is 0.864. The zero-order valence-electron chi connectivity index (χ0n) is 10.8. The molecule has 0 bridgehead atoms. The predicted octanol–water partition coefficient (Wildman–Crippen LogP) is 2.60. The molecule has 1 fully saturated rings. The van der Waals surface area contributed by atoms with Gasteiger partial charge in [-0.15, -0.1) is 0 Å². The van der Waals surface area contributed by atoms with E-state index in [2.05, 4.69) is 42.3 Å². The van der Waals surface area contributed by atoms with E-state index in [-0.39, 0.29) is 0 Å². The van der Waals surface area contributed by atoms with Crippen LogP contribution in [0.25, 0.3) is 0 Å². The third-order valence-corrected chi connectivity index (χ3v) is 4.07. The first-order valence-electron chi connectivity index (χ1n) is 6.76. The lowest BCUT2D eigenvalue weighted by atomic mass is 9.81. The van der Waals surface area contributed by atoms with Crippen molar-refractivity contribution >= 4 is 0 Å². The normalized spacial score (nSPS) is 25.1. The van der Waals surface area contributed by atoms with Crippen LogP contribution in [0.15, 0.2) is 30.3 Å². The second-order valence-corrected chi connectivity index (χ2v) is 5.19. The van der Waals surface area contributed by atoms with Crippen LogP contribution in [0.3, 0.4) is 0 Å². The van der Waals surface area contributed by atoms with Gasteiger partial charge in [-0.25, -0.2) is 0 Å². The largest absolute Gasteiger partial charge is 0.329 e. The Hall–Kier alpha value is -0.860. The highest BCUT2D eigenvalue weighted by Gasteiger charge is 2.24. The van der Waals surface area contributed by atoms with Gasteiger partial charge in [-0.05, 0) is 44.2 Å². The summed E-state index contributed by atoms with van der Waals surface area (Å²) >= 11 is 0. The lowest BCUT2D eigenvalue weighted by molar-refractivity contribution is 0.187. The summed E-state index contributed by atoms with van der Waals surface area (Å²) < 4.78 is 0. The minimum atomic E-state index is 0.749. The van der Waals surface area contributed by atoms with Crippen LogP contribution >= 0.6 is 0 Å². The molecule has 2 nitrogen and oxygen atoms in total. The molecule has 0 atom stereocenters. The first-order chi connectivity index (χ1) is 8.31. The first-order valence-corrected chi connectivity index (χ1v) is 6.76. The van der Waals surface area contributed by atoms with Crippen LogP contribution in [0.2, 0.25) is 0 Å². The average molecular weight is 232 g/mol. The van der Waals surface area contributed by atoms with Gasteiger partial charge in [0.1, 0.15) is 0 Å². The molecule has 0 spiro atoms. The highest BCUT2D eigenvalue weighted by Crippen LogP contribution is 2.34. The Balaban J connectivity index is 1.86. The molecule has 1 aromatic carbocycles. The van der Waals surface area contributed by atoms with Crippen molar-refractivity contribution in [2.75, 3.05) is 20.1 Å². The monoisotopic (exact) mass is 232 g/mol. The Morgan fingerprint density at radius 3 is 2.35 bits per heavy atom. The fourth-order valence-corrected chi connectivity index (χ4v) is 2.96. The molecule has 2 N–H and O–H groups in total. The first kappa shape index (κ1) is 12.6. The molecule has 0 heterocycles. The summed E-state index contributed by atoms with van der Waals surface area (Å²) in [5, 5.41) is 0. The van der Waals surface area contributed by atoms with E-state index in [0.717, 1.165) is 25.0 Å². The summed E-state index contributed by atoms with van der Waals surface area (Å²) in [5.74, 6) is 0.777. The van der Waals surface area contributed by atoms with Crippen LogP contribution in [0, 0.1) is 0 Å². The summed E-state index contributed by atoms with van der Waals surface area (Å²) in [7, 11) is 2.21. The van der Waals surface area contributed by atoms with E-state index in [1.807, 2.05) is 0 Å². The van der Waals surface area contributed by atoms with Gasteiger partial charge in [0, 0.05) is 19.1 Å². The lowest BCUT2D eigenvalue weighted by Gasteiger charge is -2.34. The second kappa shape index (κ2) is 6.18. The van der Waals surface area contributed by atoms with Crippen LogP contribution in [-0.4, -0.2) is 31.1 Å². The second-order valence-electron chi connectivity index (χ2n) is 5.19. The van der Waals surface area contributed by atoms with Crippen LogP contribution in [0.4, 0.5) is 0 Å². The van der Waals surface area contributed by atoms with E-state index in [4.69, 9.17) is 5.73 Å². The van der Waals surface area contributed by atoms with Crippen LogP contribution in [-0.2, 0) is 0 Å². The molecule has 1 aromatic rings. The van der Waals surface area contributed by atoms with Crippen molar-refractivity contribution in [3.05, 3.63) is 35.9 Å². The number of nitrogens with zero attached hydrogens (tertiary/aromatic N) is 1. The van der Waals surface area contributed by atoms with Gasteiger partial charge in [0.15, 0.2) is 0 Å². The van der Waals surface area contributed by atoms with Crippen LogP contribution in [0.1, 0.15) is 37.2 Å². The Morgan fingerprint density at radius 1 is 1.12 bits per heavy atom. The molecule has 0 amide bonds. The fourth-order valence-electron chi connectivity index (χ4n) is 2.96. The predicted molar refractivity (Wildman–Crippen MR) is 73.1 cm³/mol. The lowest BCUT2D eigenvalue weighted by Crippen LogP contribution is -2.37. The fraction of sp³-hybridized carbons (Fsp3) is 0.600. The molecule has 0 aromatic heterocycles. The number of likely N-dealkylation sites (N-methyl/N-ethyl adjacent to an activating group) is 1. The summed E-state index contributed by atoms with van der Waals surface area (Å²) in [4.78, 5) is 2.43. The molecule has 2 rings (SSSR count). The van der Waals surface area contributed by atoms with E-state index in [1.54, 1.807) is 0 Å². The molecule has 94 valence electrons. The number of rotatable bonds is 4. The van der Waals surface area contributed by atoms with Crippen molar-refractivity contribution in [3.63, 3.8) is 0 Å². The zero-order chi connectivity index (χ0) is 12.1. The van der Waals surface area contributed by atoms with E-state index in [0.29, 0.717) is 0 Å². The van der Waals surface area contributed by atoms with E-state index in [9.17, 15) is 0 Å². The molecule has 0 saturated heterocycles. The SMILES string of the molecule is CN(CCN)C1CCC(c2ccccc2)CC1. The van der Waals surface area contributed by atoms with Crippen molar-refractivity contribution in [3.8, 4) is 0 Å². The number of nitrogens with two attached hydrogens (primary N) is 1. The van der Waals surface area contributed by atoms with Crippen LogP contribution in [0.5, 0.6) is 0 Å². The van der Waals surface area contributed by atoms with Crippen molar-refractivity contribution in [2.45, 2.75) is 37.6 Å². The van der Waals surface area contributed by atoms with Gasteiger partial charge in [0.25, 0.3) is 0 Å². The minimum absolute atomic E-state index is 0.749. The maximum absolute atomic E-state index is 5.61. The molecule has 0 radical (unpaired) electrons. The number of hydrogen-bond acceptors (Lipinski definition) is 2. The summed E-state index contributed by atoms with van der Waals surface area (Å²) in [6.07, 6.45) is 5.28. The Labute approximate surface area is 105 Å². The molecule has 17 heavy (non-hydrogen) atoms. The highest BCUT2D eigenvalue weighted by molar-refractivity contribution is 5.20. The Bertz CT molecular complexity index is 315. The van der Waals surface area contributed by atoms with Gasteiger partial charge in [0.2, 0.25) is 0 Å². The van der Waals surface area contributed by atoms with Crippen molar-refractivity contribution in [1.29, 1.82) is 0 Å². The summed E-state index contributed by atoms with van der Waals surface area (Å²) in [5.41, 5.74) is 7.13. The van der Waals surface area contributed by atoms with E-state index >= 15 is 0 Å². The molecule has 2 heteroatoms. The van der Waals surface area contributed by atoms with Crippen molar-refractivity contribution in [1.82, 2.24) is 4.90 Å². The van der Waals surface area contributed by atoms with Gasteiger partial charge < -0.3 is 10.6 Å². The number of hydrogen-bond donors (Lipinski definition) is 1. The van der Waals surface area contributed by atoms with Gasteiger partial charge in [0.05, 0.1) is 0 Å². The van der Waals surface area contributed by atoms with Gasteiger partial charge in [-0.2, -0.15) is 0 Å². The topological polar surface area (TPSA) is 29.3 Å². The highest BCUT2D eigenvalue weighted by atomic mass is 15.1. The molecule has 0 unspecified atom stereocenters. The molecular formula is C15H24N2. The Morgan fingerprint density at radius 2 is 1.76 bits per heavy atom. The van der Waals surface area contributed by atoms with E-state index in [1.165, 1.54) is 31.2 Å². The van der Waals surface area contributed by atoms with Crippen LogP contribution < -0.4 is 5.73 Å². The van der Waals surface area contributed by atoms with Crippen molar-refractivity contribution in [2.24, 2.45) is 5.73 Å².